The number of aliphatic hydroxyl groups is 1. The minimum atomic E-state index is -2.63. The average molecular weight is 313 g/mol. The Hall–Kier alpha value is -1.67. The molecule has 0 saturated heterocycles. The van der Waals surface area contributed by atoms with Crippen LogP contribution in [0.25, 0.3) is 10.6 Å². The highest BCUT2D eigenvalue weighted by molar-refractivity contribution is 7.15. The van der Waals surface area contributed by atoms with E-state index < -0.39 is 18.8 Å². The number of nitrogens with zero attached hydrogens (tertiary/aromatic N) is 3. The average Bonchev–Trinajstić information content (AvgIpc) is 3.08. The summed E-state index contributed by atoms with van der Waals surface area (Å²) in [4.78, 5) is 16.4. The number of hydrogen-bond donors (Lipinski definition) is 1. The van der Waals surface area contributed by atoms with Crippen molar-refractivity contribution in [2.45, 2.75) is 25.2 Å². The van der Waals surface area contributed by atoms with Gasteiger partial charge in [-0.25, -0.2) is 13.8 Å². The van der Waals surface area contributed by atoms with Gasteiger partial charge in [0.2, 0.25) is 5.78 Å². The zero-order valence-electron chi connectivity index (χ0n) is 11.2. The van der Waals surface area contributed by atoms with Gasteiger partial charge in [0.1, 0.15) is 23.0 Å². The molecule has 0 radical (unpaired) electrons. The maximum Gasteiger partial charge on any atom is 0.281 e. The summed E-state index contributed by atoms with van der Waals surface area (Å²) in [6.07, 6.45) is 0.598. The smallest absolute Gasteiger partial charge is 0.281 e. The van der Waals surface area contributed by atoms with Crippen molar-refractivity contribution in [2.24, 2.45) is 7.05 Å². The Labute approximate surface area is 123 Å². The summed E-state index contributed by atoms with van der Waals surface area (Å²) in [5.41, 5.74) is 0.397. The number of carbonyl (C=O) groups excluding carboxylic acids is 1. The molecule has 3 rings (SSSR count). The normalized spacial score (nSPS) is 14.9. The van der Waals surface area contributed by atoms with Crippen LogP contribution in [-0.2, 0) is 7.05 Å². The molecule has 0 bridgehead atoms. The number of alkyl halides is 2. The van der Waals surface area contributed by atoms with E-state index in [1.165, 1.54) is 22.2 Å². The lowest BCUT2D eigenvalue weighted by Crippen LogP contribution is -2.11. The molecule has 8 heteroatoms. The van der Waals surface area contributed by atoms with Crippen molar-refractivity contribution in [1.82, 2.24) is 14.8 Å². The number of aromatic nitrogens is 3. The molecular weight excluding hydrogens is 300 g/mol. The molecule has 0 amide bonds. The van der Waals surface area contributed by atoms with Gasteiger partial charge in [-0.05, 0) is 18.8 Å². The number of halogens is 2. The Bertz CT molecular complexity index is 672. The van der Waals surface area contributed by atoms with Crippen molar-refractivity contribution < 1.29 is 18.7 Å². The van der Waals surface area contributed by atoms with Gasteiger partial charge in [0.15, 0.2) is 0 Å². The Morgan fingerprint density at radius 2 is 2.29 bits per heavy atom. The van der Waals surface area contributed by atoms with Gasteiger partial charge in [-0.15, -0.1) is 11.3 Å². The van der Waals surface area contributed by atoms with E-state index in [4.69, 9.17) is 5.11 Å². The van der Waals surface area contributed by atoms with Gasteiger partial charge in [-0.2, -0.15) is 5.10 Å². The SMILES string of the molecule is Cn1ncc(-c2nc(C(F)F)c(C3CC3)s2)c1C(=O)CO. The summed E-state index contributed by atoms with van der Waals surface area (Å²) in [5, 5.41) is 13.3. The van der Waals surface area contributed by atoms with Crippen LogP contribution in [0.1, 0.15) is 46.2 Å². The van der Waals surface area contributed by atoms with Crippen LogP contribution in [-0.4, -0.2) is 32.3 Å². The van der Waals surface area contributed by atoms with Gasteiger partial charge in [-0.3, -0.25) is 9.48 Å². The van der Waals surface area contributed by atoms with Gasteiger partial charge < -0.3 is 5.11 Å². The van der Waals surface area contributed by atoms with E-state index >= 15 is 0 Å². The minimum Gasteiger partial charge on any atom is -0.388 e. The summed E-state index contributed by atoms with van der Waals surface area (Å²) in [6.45, 7) is -0.658. The summed E-state index contributed by atoms with van der Waals surface area (Å²) in [5.74, 6) is -0.347. The van der Waals surface area contributed by atoms with E-state index in [-0.39, 0.29) is 17.3 Å². The molecule has 5 nitrogen and oxygen atoms in total. The molecule has 2 aromatic heterocycles. The van der Waals surface area contributed by atoms with Crippen LogP contribution < -0.4 is 0 Å². The molecule has 0 aromatic carbocycles. The van der Waals surface area contributed by atoms with Gasteiger partial charge in [0.25, 0.3) is 6.43 Å². The molecule has 0 spiro atoms. The third kappa shape index (κ3) is 2.49. The van der Waals surface area contributed by atoms with Crippen LogP contribution in [0.2, 0.25) is 0 Å². The maximum absolute atomic E-state index is 13.1. The molecule has 1 aliphatic carbocycles. The zero-order valence-corrected chi connectivity index (χ0v) is 12.0. The van der Waals surface area contributed by atoms with E-state index in [2.05, 4.69) is 10.1 Å². The van der Waals surface area contributed by atoms with E-state index in [1.54, 1.807) is 7.05 Å². The van der Waals surface area contributed by atoms with Crippen LogP contribution in [0.15, 0.2) is 6.20 Å². The predicted molar refractivity (Wildman–Crippen MR) is 72.7 cm³/mol. The van der Waals surface area contributed by atoms with E-state index in [1.807, 2.05) is 0 Å². The summed E-state index contributed by atoms with van der Waals surface area (Å²) in [7, 11) is 1.57. The van der Waals surface area contributed by atoms with Crippen molar-refractivity contribution in [2.75, 3.05) is 6.61 Å². The van der Waals surface area contributed by atoms with Crippen LogP contribution in [0.3, 0.4) is 0 Å². The second-order valence-corrected chi connectivity index (χ2v) is 5.99. The number of ketones is 1. The molecule has 0 atom stereocenters. The van der Waals surface area contributed by atoms with Crippen molar-refractivity contribution >= 4 is 17.1 Å². The number of Topliss-reactive ketones (excluding diaryl/α,β-unsaturated/α-hetero) is 1. The molecule has 0 unspecified atom stereocenters. The van der Waals surface area contributed by atoms with Crippen LogP contribution in [0.5, 0.6) is 0 Å². The van der Waals surface area contributed by atoms with Crippen molar-refractivity contribution in [3.05, 3.63) is 22.5 Å². The quantitative estimate of drug-likeness (QED) is 0.861. The summed E-state index contributed by atoms with van der Waals surface area (Å²) in [6, 6.07) is 0. The first-order valence-electron chi connectivity index (χ1n) is 6.48. The highest BCUT2D eigenvalue weighted by atomic mass is 32.1. The van der Waals surface area contributed by atoms with E-state index in [0.29, 0.717) is 15.4 Å². The third-order valence-electron chi connectivity index (χ3n) is 3.41. The molecule has 1 saturated carbocycles. The lowest BCUT2D eigenvalue weighted by atomic mass is 10.2. The zero-order chi connectivity index (χ0) is 15.1. The highest BCUT2D eigenvalue weighted by Crippen LogP contribution is 2.48. The largest absolute Gasteiger partial charge is 0.388 e. The fraction of sp³-hybridized carbons (Fsp3) is 0.462. The van der Waals surface area contributed by atoms with Gasteiger partial charge in [-0.1, -0.05) is 0 Å². The monoisotopic (exact) mass is 313 g/mol. The Balaban J connectivity index is 2.09. The highest BCUT2D eigenvalue weighted by Gasteiger charge is 2.33. The van der Waals surface area contributed by atoms with E-state index in [9.17, 15) is 13.6 Å². The van der Waals surface area contributed by atoms with Crippen LogP contribution >= 0.6 is 11.3 Å². The molecule has 1 fully saturated rings. The number of rotatable bonds is 5. The first-order chi connectivity index (χ1) is 10.0. The molecular formula is C13H13F2N3O2S. The molecule has 2 heterocycles. The fourth-order valence-corrected chi connectivity index (χ4v) is 3.51. The summed E-state index contributed by atoms with van der Waals surface area (Å²) < 4.78 is 27.5. The number of thiazole rings is 1. The Kier molecular flexibility index (Phi) is 3.58. The van der Waals surface area contributed by atoms with Crippen LogP contribution in [0.4, 0.5) is 8.78 Å². The minimum absolute atomic E-state index is 0.161. The molecule has 1 aliphatic rings. The Morgan fingerprint density at radius 3 is 2.86 bits per heavy atom. The van der Waals surface area contributed by atoms with Crippen molar-refractivity contribution in [3.8, 4) is 10.6 Å². The maximum atomic E-state index is 13.1. The second kappa shape index (κ2) is 5.27. The van der Waals surface area contributed by atoms with Gasteiger partial charge >= 0.3 is 0 Å². The van der Waals surface area contributed by atoms with Gasteiger partial charge in [0.05, 0.1) is 11.8 Å². The van der Waals surface area contributed by atoms with Crippen molar-refractivity contribution in [1.29, 1.82) is 0 Å². The molecule has 1 N–H and O–H groups in total. The first-order valence-corrected chi connectivity index (χ1v) is 7.29. The van der Waals surface area contributed by atoms with Gasteiger partial charge in [0, 0.05) is 11.9 Å². The lowest BCUT2D eigenvalue weighted by Gasteiger charge is -2.00. The van der Waals surface area contributed by atoms with E-state index in [0.717, 1.165) is 12.8 Å². The number of aliphatic hydroxyl groups excluding tert-OH is 1. The van der Waals surface area contributed by atoms with Crippen LogP contribution in [0, 0.1) is 0 Å². The molecule has 112 valence electrons. The molecule has 0 aliphatic heterocycles. The molecule has 2 aromatic rings. The first kappa shape index (κ1) is 14.3. The fourth-order valence-electron chi connectivity index (χ4n) is 2.25. The summed E-state index contributed by atoms with van der Waals surface area (Å²) >= 11 is 1.19. The second-order valence-electron chi connectivity index (χ2n) is 4.96. The number of hydrogen-bond acceptors (Lipinski definition) is 5. The molecule has 21 heavy (non-hydrogen) atoms. The Morgan fingerprint density at radius 1 is 1.57 bits per heavy atom. The predicted octanol–water partition coefficient (Wildman–Crippen LogP) is 2.53. The number of aryl methyl sites for hydroxylation is 1. The number of carbonyl (C=O) groups is 1. The third-order valence-corrected chi connectivity index (χ3v) is 4.68. The lowest BCUT2D eigenvalue weighted by molar-refractivity contribution is 0.0895. The standard InChI is InChI=1S/C13H13F2N3O2S/c1-18-10(8(20)5-19)7(4-16-18)13-17-9(12(14)15)11(21-13)6-2-3-6/h4,6,12,19H,2-3,5H2,1H3. The van der Waals surface area contributed by atoms with Crippen molar-refractivity contribution in [3.63, 3.8) is 0 Å². The topological polar surface area (TPSA) is 68.0 Å².